The lowest BCUT2D eigenvalue weighted by Crippen LogP contribution is -2.20. The molecule has 17 heavy (non-hydrogen) atoms. The predicted molar refractivity (Wildman–Crippen MR) is 68.5 cm³/mol. The van der Waals surface area contributed by atoms with Crippen LogP contribution in [-0.4, -0.2) is 15.9 Å². The third-order valence-corrected chi connectivity index (χ3v) is 3.11. The summed E-state index contributed by atoms with van der Waals surface area (Å²) >= 11 is 1.66. The van der Waals surface area contributed by atoms with Crippen LogP contribution < -0.4 is 5.32 Å². The van der Waals surface area contributed by atoms with Crippen LogP contribution in [0, 0.1) is 6.92 Å². The number of aromatic nitrogens is 2. The maximum Gasteiger partial charge on any atom is 0.244 e. The maximum atomic E-state index is 11.5. The highest BCUT2D eigenvalue weighted by molar-refractivity contribution is 7.12. The molecule has 0 saturated carbocycles. The van der Waals surface area contributed by atoms with Gasteiger partial charge in [0.1, 0.15) is 5.82 Å². The van der Waals surface area contributed by atoms with Crippen molar-refractivity contribution in [1.82, 2.24) is 15.3 Å². The SMILES string of the molecule is Cc1ccc(C=CC(=O)NCc2ncc[nH]2)s1. The van der Waals surface area contributed by atoms with Crippen molar-refractivity contribution in [2.24, 2.45) is 0 Å². The summed E-state index contributed by atoms with van der Waals surface area (Å²) in [5.74, 6) is 0.631. The average molecular weight is 247 g/mol. The van der Waals surface area contributed by atoms with Crippen molar-refractivity contribution in [2.45, 2.75) is 13.5 Å². The van der Waals surface area contributed by atoms with E-state index in [-0.39, 0.29) is 5.91 Å². The second-order valence-electron chi connectivity index (χ2n) is 3.54. The summed E-state index contributed by atoms with van der Waals surface area (Å²) in [6, 6.07) is 4.03. The highest BCUT2D eigenvalue weighted by Crippen LogP contribution is 2.16. The molecule has 2 aromatic heterocycles. The van der Waals surface area contributed by atoms with E-state index in [1.54, 1.807) is 23.7 Å². The minimum Gasteiger partial charge on any atom is -0.347 e. The summed E-state index contributed by atoms with van der Waals surface area (Å²) in [5.41, 5.74) is 0. The number of amides is 1. The van der Waals surface area contributed by atoms with Gasteiger partial charge in [-0.1, -0.05) is 0 Å². The normalized spacial score (nSPS) is 10.9. The number of nitrogens with zero attached hydrogens (tertiary/aromatic N) is 1. The van der Waals surface area contributed by atoms with Crippen LogP contribution in [0.1, 0.15) is 15.6 Å². The van der Waals surface area contributed by atoms with Gasteiger partial charge in [0, 0.05) is 28.2 Å². The summed E-state index contributed by atoms with van der Waals surface area (Å²) in [6.45, 7) is 2.46. The molecule has 0 aliphatic heterocycles. The Balaban J connectivity index is 1.83. The molecule has 0 spiro atoms. The van der Waals surface area contributed by atoms with E-state index >= 15 is 0 Å². The summed E-state index contributed by atoms with van der Waals surface area (Å²) in [5, 5.41) is 2.75. The fourth-order valence-electron chi connectivity index (χ4n) is 1.33. The minimum atomic E-state index is -0.118. The van der Waals surface area contributed by atoms with E-state index in [0.717, 1.165) is 10.7 Å². The molecule has 0 atom stereocenters. The lowest BCUT2D eigenvalue weighted by atomic mass is 10.4. The molecule has 0 bridgehead atoms. The standard InChI is InChI=1S/C12H13N3OS/c1-9-2-3-10(17-9)4-5-12(16)15-8-11-13-6-7-14-11/h2-7H,8H2,1H3,(H,13,14)(H,15,16). The van der Waals surface area contributed by atoms with E-state index in [4.69, 9.17) is 0 Å². The molecule has 5 heteroatoms. The number of thiophene rings is 1. The molecular formula is C12H13N3OS. The maximum absolute atomic E-state index is 11.5. The number of carbonyl (C=O) groups is 1. The zero-order valence-corrected chi connectivity index (χ0v) is 10.3. The Morgan fingerprint density at radius 3 is 3.12 bits per heavy atom. The van der Waals surface area contributed by atoms with E-state index in [2.05, 4.69) is 15.3 Å². The van der Waals surface area contributed by atoms with Crippen molar-refractivity contribution in [1.29, 1.82) is 0 Å². The number of hydrogen-bond donors (Lipinski definition) is 2. The third kappa shape index (κ3) is 3.57. The van der Waals surface area contributed by atoms with E-state index in [1.807, 2.05) is 25.1 Å². The number of aryl methyl sites for hydroxylation is 1. The molecule has 0 fully saturated rings. The van der Waals surface area contributed by atoms with Crippen LogP contribution in [0.15, 0.2) is 30.6 Å². The van der Waals surface area contributed by atoms with E-state index in [0.29, 0.717) is 6.54 Å². The van der Waals surface area contributed by atoms with Gasteiger partial charge in [0.2, 0.25) is 5.91 Å². The molecule has 2 rings (SSSR count). The Bertz CT molecular complexity index is 514. The van der Waals surface area contributed by atoms with Gasteiger partial charge in [-0.2, -0.15) is 0 Å². The van der Waals surface area contributed by atoms with Crippen LogP contribution in [0.5, 0.6) is 0 Å². The molecule has 0 unspecified atom stereocenters. The Morgan fingerprint density at radius 1 is 1.59 bits per heavy atom. The van der Waals surface area contributed by atoms with E-state index in [1.165, 1.54) is 11.0 Å². The topological polar surface area (TPSA) is 57.8 Å². The molecule has 88 valence electrons. The summed E-state index contributed by atoms with van der Waals surface area (Å²) < 4.78 is 0. The highest BCUT2D eigenvalue weighted by atomic mass is 32.1. The van der Waals surface area contributed by atoms with Crippen molar-refractivity contribution >= 4 is 23.3 Å². The monoisotopic (exact) mass is 247 g/mol. The van der Waals surface area contributed by atoms with Crippen molar-refractivity contribution in [2.75, 3.05) is 0 Å². The largest absolute Gasteiger partial charge is 0.347 e. The fourth-order valence-corrected chi connectivity index (χ4v) is 2.11. The number of hydrogen-bond acceptors (Lipinski definition) is 3. The first-order valence-corrected chi connectivity index (χ1v) is 6.06. The van der Waals surface area contributed by atoms with Gasteiger partial charge in [0.15, 0.2) is 0 Å². The van der Waals surface area contributed by atoms with Crippen LogP contribution in [-0.2, 0) is 11.3 Å². The van der Waals surface area contributed by atoms with Gasteiger partial charge in [-0.3, -0.25) is 4.79 Å². The van der Waals surface area contributed by atoms with Gasteiger partial charge in [0.25, 0.3) is 0 Å². The third-order valence-electron chi connectivity index (χ3n) is 2.15. The molecule has 0 aliphatic rings. The van der Waals surface area contributed by atoms with Crippen molar-refractivity contribution in [3.8, 4) is 0 Å². The first kappa shape index (κ1) is 11.6. The number of H-pyrrole nitrogens is 1. The van der Waals surface area contributed by atoms with Crippen LogP contribution >= 0.6 is 11.3 Å². The number of imidazole rings is 1. The number of rotatable bonds is 4. The van der Waals surface area contributed by atoms with Gasteiger partial charge in [-0.15, -0.1) is 11.3 Å². The Hall–Kier alpha value is -1.88. The summed E-state index contributed by atoms with van der Waals surface area (Å²) in [6.07, 6.45) is 6.74. The quantitative estimate of drug-likeness (QED) is 0.813. The molecule has 2 N–H and O–H groups in total. The molecule has 0 aliphatic carbocycles. The molecule has 1 amide bonds. The number of carbonyl (C=O) groups excluding carboxylic acids is 1. The summed E-state index contributed by atoms with van der Waals surface area (Å²) in [7, 11) is 0. The average Bonchev–Trinajstić information content (AvgIpc) is 2.95. The first-order chi connectivity index (χ1) is 8.24. The van der Waals surface area contributed by atoms with E-state index in [9.17, 15) is 4.79 Å². The van der Waals surface area contributed by atoms with Gasteiger partial charge in [-0.25, -0.2) is 4.98 Å². The van der Waals surface area contributed by atoms with Crippen LogP contribution in [0.4, 0.5) is 0 Å². The Kier molecular flexibility index (Phi) is 3.72. The first-order valence-electron chi connectivity index (χ1n) is 5.24. The van der Waals surface area contributed by atoms with Crippen LogP contribution in [0.25, 0.3) is 6.08 Å². The lowest BCUT2D eigenvalue weighted by molar-refractivity contribution is -0.116. The van der Waals surface area contributed by atoms with Crippen LogP contribution in [0.2, 0.25) is 0 Å². The highest BCUT2D eigenvalue weighted by Gasteiger charge is 1.98. The van der Waals surface area contributed by atoms with Gasteiger partial charge < -0.3 is 10.3 Å². The second-order valence-corrected chi connectivity index (χ2v) is 4.85. The molecular weight excluding hydrogens is 234 g/mol. The second kappa shape index (κ2) is 5.45. The molecule has 0 aromatic carbocycles. The van der Waals surface area contributed by atoms with Gasteiger partial charge in [0.05, 0.1) is 6.54 Å². The lowest BCUT2D eigenvalue weighted by Gasteiger charge is -1.97. The van der Waals surface area contributed by atoms with E-state index < -0.39 is 0 Å². The zero-order valence-electron chi connectivity index (χ0n) is 9.43. The molecule has 0 radical (unpaired) electrons. The van der Waals surface area contributed by atoms with Crippen LogP contribution in [0.3, 0.4) is 0 Å². The smallest absolute Gasteiger partial charge is 0.244 e. The fraction of sp³-hybridized carbons (Fsp3) is 0.167. The van der Waals surface area contributed by atoms with Crippen molar-refractivity contribution in [3.63, 3.8) is 0 Å². The Morgan fingerprint density at radius 2 is 2.47 bits per heavy atom. The van der Waals surface area contributed by atoms with Gasteiger partial charge in [-0.05, 0) is 25.1 Å². The Labute approximate surface area is 103 Å². The molecule has 2 heterocycles. The summed E-state index contributed by atoms with van der Waals surface area (Å²) in [4.78, 5) is 20.7. The van der Waals surface area contributed by atoms with Crippen molar-refractivity contribution < 1.29 is 4.79 Å². The van der Waals surface area contributed by atoms with Crippen molar-refractivity contribution in [3.05, 3.63) is 46.2 Å². The molecule has 2 aromatic rings. The van der Waals surface area contributed by atoms with Gasteiger partial charge >= 0.3 is 0 Å². The number of nitrogens with one attached hydrogen (secondary N) is 2. The molecule has 0 saturated heterocycles. The molecule has 4 nitrogen and oxygen atoms in total. The minimum absolute atomic E-state index is 0.118. The predicted octanol–water partition coefficient (Wildman–Crippen LogP) is 2.11. The zero-order chi connectivity index (χ0) is 12.1. The number of aromatic amines is 1.